The Kier molecular flexibility index (Phi) is 5.31. The minimum atomic E-state index is -0.391. The molecule has 3 amide bonds. The van der Waals surface area contributed by atoms with Gasteiger partial charge in [-0.1, -0.05) is 29.8 Å². The number of anilines is 2. The van der Waals surface area contributed by atoms with Crippen molar-refractivity contribution in [2.24, 2.45) is 0 Å². The highest BCUT2D eigenvalue weighted by Crippen LogP contribution is 2.29. The monoisotopic (exact) mass is 435 g/mol. The van der Waals surface area contributed by atoms with Crippen molar-refractivity contribution < 1.29 is 14.4 Å². The zero-order valence-electron chi connectivity index (χ0n) is 15.4. The first kappa shape index (κ1) is 19.8. The number of carbonyl (C=O) groups is 3. The first-order valence-corrected chi connectivity index (χ1v) is 9.68. The molecule has 3 aromatic carbocycles. The second-order valence-electron chi connectivity index (χ2n) is 6.46. The molecule has 0 bridgehead atoms. The summed E-state index contributed by atoms with van der Waals surface area (Å²) in [6, 6.07) is 19.8. The van der Waals surface area contributed by atoms with Crippen molar-refractivity contribution >= 4 is 58.0 Å². The molecule has 0 aliphatic carbocycles. The van der Waals surface area contributed by atoms with Crippen LogP contribution in [0.3, 0.4) is 0 Å². The van der Waals surface area contributed by atoms with Gasteiger partial charge in [0.2, 0.25) is 0 Å². The number of rotatable bonds is 3. The fourth-order valence-corrected chi connectivity index (χ4v) is 3.49. The maximum absolute atomic E-state index is 12.6. The van der Waals surface area contributed by atoms with E-state index in [1.807, 2.05) is 0 Å². The lowest BCUT2D eigenvalue weighted by atomic mass is 10.1. The summed E-state index contributed by atoms with van der Waals surface area (Å²) in [5.74, 6) is -1.11. The Morgan fingerprint density at radius 3 is 2.10 bits per heavy atom. The molecule has 0 atom stereocenters. The molecule has 8 heteroatoms. The Hall–Kier alpha value is -3.55. The molecule has 0 unspecified atom stereocenters. The van der Waals surface area contributed by atoms with E-state index < -0.39 is 5.91 Å². The number of amides is 3. The van der Waals surface area contributed by atoms with E-state index in [-0.39, 0.29) is 16.9 Å². The van der Waals surface area contributed by atoms with Gasteiger partial charge in [-0.25, -0.2) is 4.90 Å². The van der Waals surface area contributed by atoms with Crippen molar-refractivity contribution in [3.63, 3.8) is 0 Å². The number of nitrogens with one attached hydrogen (secondary N) is 2. The smallest absolute Gasteiger partial charge is 0.266 e. The Labute approximate surface area is 182 Å². The van der Waals surface area contributed by atoms with Gasteiger partial charge in [-0.3, -0.25) is 19.7 Å². The molecule has 3 aromatic rings. The normalized spacial score (nSPS) is 12.5. The summed E-state index contributed by atoms with van der Waals surface area (Å²) >= 11 is 11.1. The maximum atomic E-state index is 12.6. The summed E-state index contributed by atoms with van der Waals surface area (Å²) < 4.78 is 0. The molecule has 0 saturated heterocycles. The van der Waals surface area contributed by atoms with E-state index in [1.54, 1.807) is 66.7 Å². The van der Waals surface area contributed by atoms with Gasteiger partial charge in [0.05, 0.1) is 16.8 Å². The van der Waals surface area contributed by atoms with Gasteiger partial charge in [0.15, 0.2) is 5.11 Å². The molecule has 0 aromatic heterocycles. The third-order valence-corrected chi connectivity index (χ3v) is 4.93. The number of hydrogen-bond acceptors (Lipinski definition) is 4. The van der Waals surface area contributed by atoms with Gasteiger partial charge >= 0.3 is 0 Å². The van der Waals surface area contributed by atoms with Crippen molar-refractivity contribution in [1.29, 1.82) is 0 Å². The van der Waals surface area contributed by atoms with Crippen LogP contribution in [0.4, 0.5) is 11.4 Å². The van der Waals surface area contributed by atoms with Gasteiger partial charge in [-0.2, -0.15) is 0 Å². The lowest BCUT2D eigenvalue weighted by Gasteiger charge is -2.15. The van der Waals surface area contributed by atoms with Crippen molar-refractivity contribution in [1.82, 2.24) is 5.32 Å². The van der Waals surface area contributed by atoms with Gasteiger partial charge in [-0.05, 0) is 66.8 Å². The van der Waals surface area contributed by atoms with Gasteiger partial charge in [0, 0.05) is 16.3 Å². The number of hydrogen-bond donors (Lipinski definition) is 2. The summed E-state index contributed by atoms with van der Waals surface area (Å²) in [5, 5.41) is 6.02. The average Bonchev–Trinajstić information content (AvgIpc) is 2.99. The van der Waals surface area contributed by atoms with Crippen LogP contribution in [0.2, 0.25) is 5.02 Å². The second kappa shape index (κ2) is 8.06. The van der Waals surface area contributed by atoms with Crippen molar-refractivity contribution in [3.05, 3.63) is 94.5 Å². The first-order chi connectivity index (χ1) is 14.4. The van der Waals surface area contributed by atoms with E-state index in [2.05, 4.69) is 10.6 Å². The third kappa shape index (κ3) is 3.80. The molecule has 0 spiro atoms. The number of nitrogens with zero attached hydrogens (tertiary/aromatic N) is 1. The summed E-state index contributed by atoms with van der Waals surface area (Å²) in [6.07, 6.45) is 0. The quantitative estimate of drug-likeness (QED) is 0.474. The van der Waals surface area contributed by atoms with Crippen molar-refractivity contribution in [2.75, 3.05) is 10.2 Å². The molecule has 1 aliphatic rings. The Bertz CT molecular complexity index is 1160. The van der Waals surface area contributed by atoms with E-state index in [0.29, 0.717) is 33.1 Å². The molecule has 1 heterocycles. The minimum absolute atomic E-state index is 0.105. The highest BCUT2D eigenvalue weighted by Gasteiger charge is 2.36. The molecule has 0 saturated carbocycles. The SMILES string of the molecule is O=C(NC(=S)Nc1ccc(N2C(=O)c3ccccc3C2=O)cc1)c1cccc(Cl)c1. The number of thiocarbonyl (C=S) groups is 1. The molecular weight excluding hydrogens is 422 g/mol. The molecule has 148 valence electrons. The summed E-state index contributed by atoms with van der Waals surface area (Å²) in [5.41, 5.74) is 2.18. The van der Waals surface area contributed by atoms with Crippen LogP contribution in [-0.2, 0) is 0 Å². The van der Waals surface area contributed by atoms with E-state index in [4.69, 9.17) is 23.8 Å². The van der Waals surface area contributed by atoms with E-state index >= 15 is 0 Å². The lowest BCUT2D eigenvalue weighted by Crippen LogP contribution is -2.34. The van der Waals surface area contributed by atoms with Crippen LogP contribution < -0.4 is 15.5 Å². The van der Waals surface area contributed by atoms with E-state index in [1.165, 1.54) is 6.07 Å². The highest BCUT2D eigenvalue weighted by molar-refractivity contribution is 7.80. The van der Waals surface area contributed by atoms with Crippen molar-refractivity contribution in [2.45, 2.75) is 0 Å². The predicted molar refractivity (Wildman–Crippen MR) is 119 cm³/mol. The topological polar surface area (TPSA) is 78.5 Å². The maximum Gasteiger partial charge on any atom is 0.266 e. The Morgan fingerprint density at radius 2 is 1.50 bits per heavy atom. The number of carbonyl (C=O) groups excluding carboxylic acids is 3. The highest BCUT2D eigenvalue weighted by atomic mass is 35.5. The first-order valence-electron chi connectivity index (χ1n) is 8.90. The summed E-state index contributed by atoms with van der Waals surface area (Å²) in [4.78, 5) is 38.5. The summed E-state index contributed by atoms with van der Waals surface area (Å²) in [7, 11) is 0. The van der Waals surface area contributed by atoms with Crippen LogP contribution in [0.5, 0.6) is 0 Å². The fourth-order valence-electron chi connectivity index (χ4n) is 3.08. The number of halogens is 1. The fraction of sp³-hybridized carbons (Fsp3) is 0. The van der Waals surface area contributed by atoms with Crippen molar-refractivity contribution in [3.8, 4) is 0 Å². The van der Waals surface area contributed by atoms with Gasteiger partial charge in [-0.15, -0.1) is 0 Å². The minimum Gasteiger partial charge on any atom is -0.332 e. The molecule has 30 heavy (non-hydrogen) atoms. The molecule has 2 N–H and O–H groups in total. The predicted octanol–water partition coefficient (Wildman–Crippen LogP) is 4.27. The Morgan fingerprint density at radius 1 is 0.867 bits per heavy atom. The van der Waals surface area contributed by atoms with Gasteiger partial charge < -0.3 is 5.32 Å². The lowest BCUT2D eigenvalue weighted by molar-refractivity contribution is 0.0923. The van der Waals surface area contributed by atoms with Crippen LogP contribution >= 0.6 is 23.8 Å². The molecular formula is C22H14ClN3O3S. The van der Waals surface area contributed by atoms with Crippen LogP contribution in [0, 0.1) is 0 Å². The van der Waals surface area contributed by atoms with Crippen LogP contribution in [0.25, 0.3) is 0 Å². The van der Waals surface area contributed by atoms with Gasteiger partial charge in [0.1, 0.15) is 0 Å². The van der Waals surface area contributed by atoms with Crippen LogP contribution in [-0.4, -0.2) is 22.8 Å². The number of fused-ring (bicyclic) bond motifs is 1. The van der Waals surface area contributed by atoms with E-state index in [0.717, 1.165) is 4.90 Å². The largest absolute Gasteiger partial charge is 0.332 e. The standard InChI is InChI=1S/C22H14ClN3O3S/c23-14-5-3-4-13(12-14)19(27)25-22(30)24-15-8-10-16(11-9-15)26-20(28)17-6-1-2-7-18(17)21(26)29/h1-12H,(H2,24,25,27,30). The molecule has 1 aliphatic heterocycles. The second-order valence-corrected chi connectivity index (χ2v) is 7.30. The number of benzene rings is 3. The van der Waals surface area contributed by atoms with Crippen LogP contribution in [0.1, 0.15) is 31.1 Å². The summed E-state index contributed by atoms with van der Waals surface area (Å²) in [6.45, 7) is 0. The van der Waals surface area contributed by atoms with Crippen LogP contribution in [0.15, 0.2) is 72.8 Å². The zero-order valence-corrected chi connectivity index (χ0v) is 17.0. The molecule has 0 fully saturated rings. The molecule has 4 rings (SSSR count). The average molecular weight is 436 g/mol. The Balaban J connectivity index is 1.43. The van der Waals surface area contributed by atoms with Gasteiger partial charge in [0.25, 0.3) is 17.7 Å². The third-order valence-electron chi connectivity index (χ3n) is 4.49. The molecule has 0 radical (unpaired) electrons. The molecule has 6 nitrogen and oxygen atoms in total. The zero-order chi connectivity index (χ0) is 21.3. The number of imide groups is 1. The van der Waals surface area contributed by atoms with E-state index in [9.17, 15) is 14.4 Å².